The molecule has 0 aliphatic rings. The number of nitrogens with zero attached hydrogens (tertiary/aromatic N) is 1. The third-order valence-corrected chi connectivity index (χ3v) is 2.37. The van der Waals surface area contributed by atoms with Gasteiger partial charge in [0.25, 0.3) is 5.69 Å². The molecule has 0 aliphatic carbocycles. The number of carbonyl (C=O) groups is 1. The summed E-state index contributed by atoms with van der Waals surface area (Å²) in [6.45, 7) is 0. The molecule has 0 atom stereocenters. The highest BCUT2D eigenvalue weighted by atomic mass is 19.4. The Labute approximate surface area is 117 Å². The standard InChI is InChI=1S/C10H5F6NO5/c11-9(12,13)8(19,10(14,15)16)7(18)22-6-3-1-5(2-4-6)17(20)21/h1-4,19H. The normalized spacial score (nSPS) is 12.9. The number of non-ortho nitro benzene ring substituents is 1. The van der Waals surface area contributed by atoms with E-state index in [1.54, 1.807) is 0 Å². The predicted octanol–water partition coefficient (Wildman–Crippen LogP) is 2.36. The molecule has 0 spiro atoms. The molecule has 22 heavy (non-hydrogen) atoms. The molecule has 0 aromatic heterocycles. The van der Waals surface area contributed by atoms with Crippen molar-refractivity contribution in [3.8, 4) is 5.75 Å². The molecule has 0 radical (unpaired) electrons. The second kappa shape index (κ2) is 5.44. The van der Waals surface area contributed by atoms with Crippen LogP contribution in [-0.4, -0.2) is 34.0 Å². The summed E-state index contributed by atoms with van der Waals surface area (Å²) < 4.78 is 78.0. The summed E-state index contributed by atoms with van der Waals surface area (Å²) in [4.78, 5) is 20.5. The number of aliphatic hydroxyl groups is 1. The van der Waals surface area contributed by atoms with E-state index >= 15 is 0 Å². The molecule has 0 aliphatic heterocycles. The molecule has 1 N–H and O–H groups in total. The first-order valence-electron chi connectivity index (χ1n) is 5.13. The number of hydrogen-bond acceptors (Lipinski definition) is 5. The van der Waals surface area contributed by atoms with Crippen molar-refractivity contribution in [3.63, 3.8) is 0 Å². The molecule has 1 rings (SSSR count). The minimum absolute atomic E-state index is 0.540. The smallest absolute Gasteiger partial charge is 0.424 e. The summed E-state index contributed by atoms with van der Waals surface area (Å²) in [6.07, 6.45) is -12.7. The number of alkyl halides is 6. The lowest BCUT2D eigenvalue weighted by Gasteiger charge is -2.29. The number of esters is 1. The van der Waals surface area contributed by atoms with Gasteiger partial charge in [-0.1, -0.05) is 0 Å². The second-order valence-corrected chi connectivity index (χ2v) is 3.85. The van der Waals surface area contributed by atoms with Crippen molar-refractivity contribution in [1.82, 2.24) is 0 Å². The molecule has 0 bridgehead atoms. The van der Waals surface area contributed by atoms with Crippen LogP contribution in [-0.2, 0) is 4.79 Å². The second-order valence-electron chi connectivity index (χ2n) is 3.85. The van der Waals surface area contributed by atoms with Gasteiger partial charge in [0.05, 0.1) is 4.92 Å². The zero-order valence-corrected chi connectivity index (χ0v) is 10.1. The van der Waals surface area contributed by atoms with Crippen molar-refractivity contribution in [2.45, 2.75) is 18.0 Å². The van der Waals surface area contributed by atoms with E-state index in [0.717, 1.165) is 0 Å². The van der Waals surface area contributed by atoms with Gasteiger partial charge in [-0.3, -0.25) is 10.1 Å². The lowest BCUT2D eigenvalue weighted by Crippen LogP contribution is -2.63. The minimum Gasteiger partial charge on any atom is -0.424 e. The first-order chi connectivity index (χ1) is 9.80. The molecule has 0 amide bonds. The Morgan fingerprint density at radius 1 is 1.05 bits per heavy atom. The third-order valence-electron chi connectivity index (χ3n) is 2.37. The van der Waals surface area contributed by atoms with Crippen LogP contribution in [0.25, 0.3) is 0 Å². The van der Waals surface area contributed by atoms with Crippen LogP contribution < -0.4 is 4.74 Å². The van der Waals surface area contributed by atoms with Crippen LogP contribution in [0.3, 0.4) is 0 Å². The number of hydrogen-bond donors (Lipinski definition) is 1. The summed E-state index contributed by atoms with van der Waals surface area (Å²) >= 11 is 0. The lowest BCUT2D eigenvalue weighted by atomic mass is 10.0. The van der Waals surface area contributed by atoms with Gasteiger partial charge >= 0.3 is 23.9 Å². The van der Waals surface area contributed by atoms with E-state index in [-0.39, 0.29) is 0 Å². The lowest BCUT2D eigenvalue weighted by molar-refractivity contribution is -0.384. The molecule has 0 saturated heterocycles. The Morgan fingerprint density at radius 3 is 1.77 bits per heavy atom. The van der Waals surface area contributed by atoms with E-state index in [0.29, 0.717) is 24.3 Å². The monoisotopic (exact) mass is 333 g/mol. The van der Waals surface area contributed by atoms with Crippen LogP contribution in [0, 0.1) is 10.1 Å². The average molecular weight is 333 g/mol. The number of nitro groups is 1. The SMILES string of the molecule is O=C(Oc1ccc([N+](=O)[O-])cc1)C(O)(C(F)(F)F)C(F)(F)F. The van der Waals surface area contributed by atoms with Crippen LogP contribution >= 0.6 is 0 Å². The molecular formula is C10H5F6NO5. The zero-order chi connectivity index (χ0) is 17.3. The fourth-order valence-corrected chi connectivity index (χ4v) is 1.21. The first-order valence-corrected chi connectivity index (χ1v) is 5.13. The highest BCUT2D eigenvalue weighted by Gasteiger charge is 2.76. The van der Waals surface area contributed by atoms with Crippen LogP contribution in [0.1, 0.15) is 0 Å². The molecule has 0 heterocycles. The van der Waals surface area contributed by atoms with E-state index in [2.05, 4.69) is 4.74 Å². The summed E-state index contributed by atoms with van der Waals surface area (Å²) in [6, 6.07) is 2.57. The maximum Gasteiger partial charge on any atom is 0.437 e. The molecule has 0 fully saturated rings. The predicted molar refractivity (Wildman–Crippen MR) is 55.8 cm³/mol. The van der Waals surface area contributed by atoms with E-state index in [1.807, 2.05) is 0 Å². The average Bonchev–Trinajstić information content (AvgIpc) is 2.35. The molecule has 1 aromatic carbocycles. The summed E-state index contributed by atoms with van der Waals surface area (Å²) in [5.74, 6) is -3.87. The topological polar surface area (TPSA) is 89.7 Å². The van der Waals surface area contributed by atoms with Gasteiger partial charge < -0.3 is 9.84 Å². The summed E-state index contributed by atoms with van der Waals surface area (Å²) in [5, 5.41) is 19.0. The quantitative estimate of drug-likeness (QED) is 0.301. The minimum atomic E-state index is -6.37. The molecule has 0 saturated carbocycles. The van der Waals surface area contributed by atoms with Gasteiger partial charge in [0.15, 0.2) is 0 Å². The molecule has 12 heteroatoms. The van der Waals surface area contributed by atoms with Crippen molar-refractivity contribution < 1.29 is 45.9 Å². The Kier molecular flexibility index (Phi) is 4.37. The summed E-state index contributed by atoms with van der Waals surface area (Å²) in [5.41, 5.74) is -6.26. The van der Waals surface area contributed by atoms with Gasteiger partial charge in [0, 0.05) is 12.1 Å². The van der Waals surface area contributed by atoms with Gasteiger partial charge in [0.1, 0.15) is 5.75 Å². The maximum atomic E-state index is 12.4. The molecule has 122 valence electrons. The number of carbonyl (C=O) groups excluding carboxylic acids is 1. The Balaban J connectivity index is 3.10. The van der Waals surface area contributed by atoms with Crippen LogP contribution in [0.5, 0.6) is 5.75 Å². The number of ether oxygens (including phenoxy) is 1. The highest BCUT2D eigenvalue weighted by molar-refractivity contribution is 5.83. The van der Waals surface area contributed by atoms with E-state index < -0.39 is 40.3 Å². The highest BCUT2D eigenvalue weighted by Crippen LogP contribution is 2.44. The van der Waals surface area contributed by atoms with Crippen LogP contribution in [0.4, 0.5) is 32.0 Å². The summed E-state index contributed by atoms with van der Waals surface area (Å²) in [7, 11) is 0. The number of nitro benzene ring substituents is 1. The largest absolute Gasteiger partial charge is 0.437 e. The van der Waals surface area contributed by atoms with Crippen molar-refractivity contribution in [2.75, 3.05) is 0 Å². The first kappa shape index (κ1) is 17.7. The van der Waals surface area contributed by atoms with Gasteiger partial charge in [-0.25, -0.2) is 4.79 Å². The molecule has 1 aromatic rings. The third kappa shape index (κ3) is 3.10. The van der Waals surface area contributed by atoms with Crippen molar-refractivity contribution in [1.29, 1.82) is 0 Å². The van der Waals surface area contributed by atoms with Gasteiger partial charge in [-0.15, -0.1) is 0 Å². The Morgan fingerprint density at radius 2 is 1.45 bits per heavy atom. The maximum absolute atomic E-state index is 12.4. The fourth-order valence-electron chi connectivity index (χ4n) is 1.21. The van der Waals surface area contributed by atoms with Crippen molar-refractivity contribution in [3.05, 3.63) is 34.4 Å². The van der Waals surface area contributed by atoms with E-state index in [1.165, 1.54) is 0 Å². The molecule has 6 nitrogen and oxygen atoms in total. The van der Waals surface area contributed by atoms with Gasteiger partial charge in [-0.2, -0.15) is 26.3 Å². The van der Waals surface area contributed by atoms with Crippen molar-refractivity contribution >= 4 is 11.7 Å². The number of rotatable bonds is 3. The van der Waals surface area contributed by atoms with E-state index in [9.17, 15) is 41.3 Å². The van der Waals surface area contributed by atoms with Crippen LogP contribution in [0.15, 0.2) is 24.3 Å². The van der Waals surface area contributed by atoms with Gasteiger partial charge in [0.2, 0.25) is 0 Å². The van der Waals surface area contributed by atoms with E-state index in [4.69, 9.17) is 5.11 Å². The molecule has 0 unspecified atom stereocenters. The Bertz CT molecular complexity index is 565. The fraction of sp³-hybridized carbons (Fsp3) is 0.300. The van der Waals surface area contributed by atoms with Crippen molar-refractivity contribution in [2.24, 2.45) is 0 Å². The van der Waals surface area contributed by atoms with Crippen LogP contribution in [0.2, 0.25) is 0 Å². The Hall–Kier alpha value is -2.37. The molecular weight excluding hydrogens is 328 g/mol. The number of halogens is 6. The zero-order valence-electron chi connectivity index (χ0n) is 10.1. The van der Waals surface area contributed by atoms with Gasteiger partial charge in [-0.05, 0) is 12.1 Å². The number of benzene rings is 1.